The minimum absolute atomic E-state index is 0.0388. The Kier molecular flexibility index (Phi) is 4.16. The van der Waals surface area contributed by atoms with E-state index >= 15 is 0 Å². The molecule has 0 saturated carbocycles. The maximum atomic E-state index is 8.70. The van der Waals surface area contributed by atoms with Gasteiger partial charge in [0, 0.05) is 11.4 Å². The Morgan fingerprint density at radius 2 is 2.10 bits per heavy atom. The van der Waals surface area contributed by atoms with Crippen molar-refractivity contribution in [3.63, 3.8) is 0 Å². The molecule has 0 amide bonds. The lowest BCUT2D eigenvalue weighted by atomic mass is 10.1. The average molecular weight is 161 g/mol. The smallest absolute Gasteiger partial charge is 0.0741 e. The summed E-state index contributed by atoms with van der Waals surface area (Å²) in [7, 11) is -0.460. The third kappa shape index (κ3) is 4.96. The average Bonchev–Trinajstić information content (AvgIpc) is 1.59. The van der Waals surface area contributed by atoms with Gasteiger partial charge < -0.3 is 10.8 Å². The van der Waals surface area contributed by atoms with Crippen LogP contribution in [0.1, 0.15) is 27.2 Å². The second kappa shape index (κ2) is 4.11. The van der Waals surface area contributed by atoms with E-state index < -0.39 is 9.52 Å². The highest BCUT2D eigenvalue weighted by atomic mass is 28.2. The summed E-state index contributed by atoms with van der Waals surface area (Å²) < 4.78 is 0. The number of nitrogens with two attached hydrogens (primary N) is 1. The van der Waals surface area contributed by atoms with Gasteiger partial charge in [0.05, 0.1) is 9.52 Å². The van der Waals surface area contributed by atoms with Gasteiger partial charge in [-0.3, -0.25) is 0 Å². The van der Waals surface area contributed by atoms with E-state index in [9.17, 15) is 0 Å². The second-order valence-electron chi connectivity index (χ2n) is 3.73. The van der Waals surface area contributed by atoms with Gasteiger partial charge in [0.1, 0.15) is 0 Å². The maximum absolute atomic E-state index is 8.70. The van der Waals surface area contributed by atoms with E-state index in [-0.39, 0.29) is 5.16 Å². The summed E-state index contributed by atoms with van der Waals surface area (Å²) in [6, 6.07) is 0. The third-order valence-electron chi connectivity index (χ3n) is 1.56. The first-order chi connectivity index (χ1) is 4.48. The summed E-state index contributed by atoms with van der Waals surface area (Å²) in [6.45, 7) is 6.38. The number of hydrogen-bond donors (Lipinski definition) is 2. The molecule has 62 valence electrons. The molecule has 0 saturated heterocycles. The first-order valence-electron chi connectivity index (χ1n) is 3.87. The molecule has 0 aliphatic rings. The Balaban J connectivity index is 3.63. The van der Waals surface area contributed by atoms with Crippen molar-refractivity contribution < 1.29 is 5.11 Å². The Bertz CT molecular complexity index is 93.6. The Labute approximate surface area is 65.6 Å². The highest BCUT2D eigenvalue weighted by Crippen LogP contribution is 2.11. The fourth-order valence-electron chi connectivity index (χ4n) is 1.29. The molecule has 10 heavy (non-hydrogen) atoms. The van der Waals surface area contributed by atoms with Crippen LogP contribution in [-0.4, -0.2) is 26.0 Å². The highest BCUT2D eigenvalue weighted by molar-refractivity contribution is 6.39. The van der Waals surface area contributed by atoms with Gasteiger partial charge in [-0.05, 0) is 12.3 Å². The lowest BCUT2D eigenvalue weighted by Gasteiger charge is -2.24. The summed E-state index contributed by atoms with van der Waals surface area (Å²) in [4.78, 5) is 0. The molecule has 0 aromatic rings. The minimum atomic E-state index is -0.460. The molecule has 0 rings (SSSR count). The fourth-order valence-corrected chi connectivity index (χ4v) is 2.58. The zero-order chi connectivity index (χ0) is 8.20. The molecule has 0 radical (unpaired) electrons. The zero-order valence-corrected chi connectivity index (χ0v) is 8.64. The van der Waals surface area contributed by atoms with E-state index in [1.54, 1.807) is 0 Å². The lowest BCUT2D eigenvalue weighted by Crippen LogP contribution is -2.45. The van der Waals surface area contributed by atoms with Gasteiger partial charge in [0.15, 0.2) is 0 Å². The quantitative estimate of drug-likeness (QED) is 0.562. The molecular formula is C7H19NOSi. The SMILES string of the molecule is CC(C)C[C@](C)(N)[SiH2]CO. The molecule has 0 spiro atoms. The van der Waals surface area contributed by atoms with Gasteiger partial charge in [0.2, 0.25) is 0 Å². The molecule has 0 fully saturated rings. The molecule has 0 aromatic heterocycles. The molecule has 0 aromatic carbocycles. The lowest BCUT2D eigenvalue weighted by molar-refractivity contribution is 0.355. The van der Waals surface area contributed by atoms with Crippen LogP contribution in [0.4, 0.5) is 0 Å². The van der Waals surface area contributed by atoms with Crippen LogP contribution >= 0.6 is 0 Å². The van der Waals surface area contributed by atoms with E-state index in [0.717, 1.165) is 6.42 Å². The van der Waals surface area contributed by atoms with Gasteiger partial charge in [-0.25, -0.2) is 0 Å². The van der Waals surface area contributed by atoms with E-state index in [1.807, 2.05) is 0 Å². The molecule has 0 aliphatic heterocycles. The minimum Gasteiger partial charge on any atom is -0.400 e. The number of rotatable bonds is 4. The standard InChI is InChI=1S/C7H19NOSi/c1-6(2)4-7(3,8)10-5-9/h6,9H,4-5,8,10H2,1-3H3/t7-/m1/s1. The zero-order valence-electron chi connectivity index (χ0n) is 7.22. The van der Waals surface area contributed by atoms with Crippen molar-refractivity contribution >= 4 is 9.52 Å². The number of hydrogen-bond acceptors (Lipinski definition) is 2. The monoisotopic (exact) mass is 161 g/mol. The van der Waals surface area contributed by atoms with Crippen molar-refractivity contribution in [2.75, 3.05) is 6.23 Å². The largest absolute Gasteiger partial charge is 0.400 e. The Hall–Kier alpha value is 0.137. The summed E-state index contributed by atoms with van der Waals surface area (Å²) in [5.74, 6) is 0.647. The predicted octanol–water partition coefficient (Wildman–Crippen LogP) is -0.174. The summed E-state index contributed by atoms with van der Waals surface area (Å²) >= 11 is 0. The molecule has 0 bridgehead atoms. The van der Waals surface area contributed by atoms with Crippen molar-refractivity contribution in [3.05, 3.63) is 0 Å². The second-order valence-corrected chi connectivity index (χ2v) is 6.29. The molecule has 0 heterocycles. The van der Waals surface area contributed by atoms with E-state index in [4.69, 9.17) is 10.8 Å². The summed E-state index contributed by atoms with van der Waals surface area (Å²) in [5, 5.41) is 8.66. The van der Waals surface area contributed by atoms with Crippen molar-refractivity contribution in [1.29, 1.82) is 0 Å². The summed E-state index contributed by atoms with van der Waals surface area (Å²) in [5.41, 5.74) is 5.93. The number of aliphatic hydroxyl groups excluding tert-OH is 1. The number of aliphatic hydroxyl groups is 1. The molecule has 1 atom stereocenters. The van der Waals surface area contributed by atoms with Crippen LogP contribution in [0.2, 0.25) is 0 Å². The molecule has 2 nitrogen and oxygen atoms in total. The van der Waals surface area contributed by atoms with Crippen molar-refractivity contribution in [3.8, 4) is 0 Å². The van der Waals surface area contributed by atoms with Crippen LogP contribution in [-0.2, 0) is 0 Å². The molecule has 3 N–H and O–H groups in total. The summed E-state index contributed by atoms with van der Waals surface area (Å²) in [6.07, 6.45) is 1.37. The predicted molar refractivity (Wildman–Crippen MR) is 47.7 cm³/mol. The fraction of sp³-hybridized carbons (Fsp3) is 1.00. The maximum Gasteiger partial charge on any atom is 0.0741 e. The highest BCUT2D eigenvalue weighted by Gasteiger charge is 2.18. The van der Waals surface area contributed by atoms with Crippen LogP contribution in [0, 0.1) is 5.92 Å². The van der Waals surface area contributed by atoms with Crippen LogP contribution in [0.5, 0.6) is 0 Å². The normalized spacial score (nSPS) is 18.6. The van der Waals surface area contributed by atoms with Crippen molar-refractivity contribution in [1.82, 2.24) is 0 Å². The van der Waals surface area contributed by atoms with Gasteiger partial charge in [-0.1, -0.05) is 20.8 Å². The van der Waals surface area contributed by atoms with E-state index in [1.165, 1.54) is 0 Å². The van der Waals surface area contributed by atoms with Gasteiger partial charge in [-0.15, -0.1) is 0 Å². The molecule has 3 heteroatoms. The Morgan fingerprint density at radius 3 is 2.40 bits per heavy atom. The van der Waals surface area contributed by atoms with Crippen molar-refractivity contribution in [2.24, 2.45) is 11.7 Å². The first-order valence-corrected chi connectivity index (χ1v) is 5.58. The van der Waals surface area contributed by atoms with Crippen LogP contribution in [0.15, 0.2) is 0 Å². The van der Waals surface area contributed by atoms with Gasteiger partial charge in [-0.2, -0.15) is 0 Å². The van der Waals surface area contributed by atoms with E-state index in [2.05, 4.69) is 20.8 Å². The van der Waals surface area contributed by atoms with Gasteiger partial charge in [0.25, 0.3) is 0 Å². The van der Waals surface area contributed by atoms with E-state index in [0.29, 0.717) is 12.1 Å². The first kappa shape index (κ1) is 10.1. The van der Waals surface area contributed by atoms with Crippen LogP contribution in [0.3, 0.4) is 0 Å². The molecular weight excluding hydrogens is 142 g/mol. The van der Waals surface area contributed by atoms with Crippen LogP contribution in [0.25, 0.3) is 0 Å². The third-order valence-corrected chi connectivity index (χ3v) is 3.21. The Morgan fingerprint density at radius 1 is 1.60 bits per heavy atom. The molecule has 0 aliphatic carbocycles. The topological polar surface area (TPSA) is 46.2 Å². The van der Waals surface area contributed by atoms with Crippen molar-refractivity contribution in [2.45, 2.75) is 32.4 Å². The molecule has 0 unspecified atom stereocenters. The van der Waals surface area contributed by atoms with Gasteiger partial charge >= 0.3 is 0 Å². The van der Waals surface area contributed by atoms with Crippen LogP contribution < -0.4 is 5.73 Å².